The lowest BCUT2D eigenvalue weighted by molar-refractivity contribution is -0.238. The molecule has 1 aliphatic carbocycles. The van der Waals surface area contributed by atoms with Crippen molar-refractivity contribution in [3.8, 4) is 5.75 Å². The van der Waals surface area contributed by atoms with Crippen LogP contribution in [-0.4, -0.2) is 25.5 Å². The largest absolute Gasteiger partial charge is 0.493 e. The highest BCUT2D eigenvalue weighted by molar-refractivity contribution is 5.28. The Bertz CT molecular complexity index is 543. The third-order valence-electron chi connectivity index (χ3n) is 5.99. The van der Waals surface area contributed by atoms with Crippen LogP contribution in [0.3, 0.4) is 0 Å². The summed E-state index contributed by atoms with van der Waals surface area (Å²) < 4.78 is 31.6. The van der Waals surface area contributed by atoms with E-state index in [0.29, 0.717) is 12.3 Å². The van der Waals surface area contributed by atoms with Gasteiger partial charge in [0.2, 0.25) is 0 Å². The van der Waals surface area contributed by atoms with E-state index in [-0.39, 0.29) is 13.2 Å². The Kier molecular flexibility index (Phi) is 7.54. The minimum absolute atomic E-state index is 0.102. The normalized spacial score (nSPS) is 31.6. The van der Waals surface area contributed by atoms with Gasteiger partial charge in [0.15, 0.2) is 12.0 Å². The number of alkyl halides is 1. The van der Waals surface area contributed by atoms with Gasteiger partial charge in [0, 0.05) is 5.56 Å². The summed E-state index contributed by atoms with van der Waals surface area (Å²) in [5, 5.41) is 0. The molecule has 27 heavy (non-hydrogen) atoms. The molecule has 1 aromatic rings. The first-order valence-electron chi connectivity index (χ1n) is 10.8. The highest BCUT2D eigenvalue weighted by atomic mass is 19.1. The first-order valence-corrected chi connectivity index (χ1v) is 10.8. The lowest BCUT2D eigenvalue weighted by Gasteiger charge is -2.34. The molecule has 1 saturated carbocycles. The first-order chi connectivity index (χ1) is 13.1. The Morgan fingerprint density at radius 1 is 0.963 bits per heavy atom. The van der Waals surface area contributed by atoms with Crippen molar-refractivity contribution >= 4 is 0 Å². The van der Waals surface area contributed by atoms with E-state index in [1.54, 1.807) is 0 Å². The molecular weight excluding hydrogens is 343 g/mol. The Labute approximate surface area is 163 Å². The molecule has 0 spiro atoms. The van der Waals surface area contributed by atoms with Crippen LogP contribution in [0.2, 0.25) is 0 Å². The van der Waals surface area contributed by atoms with E-state index >= 15 is 0 Å². The fourth-order valence-electron chi connectivity index (χ4n) is 4.36. The van der Waals surface area contributed by atoms with Crippen molar-refractivity contribution in [2.24, 2.45) is 11.8 Å². The van der Waals surface area contributed by atoms with Gasteiger partial charge in [-0.05, 0) is 43.2 Å². The van der Waals surface area contributed by atoms with Crippen molar-refractivity contribution in [1.29, 1.82) is 0 Å². The second-order valence-corrected chi connectivity index (χ2v) is 8.41. The van der Waals surface area contributed by atoms with E-state index in [4.69, 9.17) is 14.2 Å². The standard InChI is InChI=1S/C23H35FO3/c1-3-5-18-6-8-19(9-7-18)15-25-21-12-10-20(11-13-21)22-26-16-23(24,14-4-2)17-27-22/h10-13,18-19,22H,3-9,14-17H2,1-2H3. The van der Waals surface area contributed by atoms with E-state index in [9.17, 15) is 4.39 Å². The van der Waals surface area contributed by atoms with E-state index in [0.717, 1.165) is 30.3 Å². The summed E-state index contributed by atoms with van der Waals surface area (Å²) in [5.41, 5.74) is -0.425. The number of halogens is 1. The number of hydrogen-bond acceptors (Lipinski definition) is 3. The van der Waals surface area contributed by atoms with Crippen LogP contribution in [0.15, 0.2) is 24.3 Å². The lowest BCUT2D eigenvalue weighted by Crippen LogP contribution is -2.41. The third kappa shape index (κ3) is 5.92. The number of ether oxygens (including phenoxy) is 3. The van der Waals surface area contributed by atoms with Gasteiger partial charge in [0.1, 0.15) is 5.75 Å². The highest BCUT2D eigenvalue weighted by Gasteiger charge is 2.36. The molecule has 4 heteroatoms. The Morgan fingerprint density at radius 3 is 2.19 bits per heavy atom. The van der Waals surface area contributed by atoms with Crippen molar-refractivity contribution < 1.29 is 18.6 Å². The molecule has 0 unspecified atom stereocenters. The molecule has 0 N–H and O–H groups in total. The SMILES string of the molecule is CCCC1CCC(COc2ccc(C3OCC(F)(CCC)CO3)cc2)CC1. The monoisotopic (exact) mass is 378 g/mol. The van der Waals surface area contributed by atoms with Crippen molar-refractivity contribution in [2.75, 3.05) is 19.8 Å². The van der Waals surface area contributed by atoms with Crippen LogP contribution < -0.4 is 4.74 Å². The highest BCUT2D eigenvalue weighted by Crippen LogP contribution is 2.34. The van der Waals surface area contributed by atoms with Gasteiger partial charge in [-0.2, -0.15) is 0 Å². The van der Waals surface area contributed by atoms with Crippen LogP contribution in [-0.2, 0) is 9.47 Å². The van der Waals surface area contributed by atoms with Crippen LogP contribution in [0, 0.1) is 11.8 Å². The number of hydrogen-bond donors (Lipinski definition) is 0. The molecule has 0 amide bonds. The zero-order valence-electron chi connectivity index (χ0n) is 16.9. The quantitative estimate of drug-likeness (QED) is 0.537. The summed E-state index contributed by atoms with van der Waals surface area (Å²) in [4.78, 5) is 0. The molecule has 2 aliphatic rings. The van der Waals surface area contributed by atoms with Crippen LogP contribution in [0.1, 0.15) is 77.1 Å². The van der Waals surface area contributed by atoms with Gasteiger partial charge in [-0.1, -0.05) is 58.1 Å². The Hall–Kier alpha value is -1.13. The number of benzene rings is 1. The Morgan fingerprint density at radius 2 is 1.59 bits per heavy atom. The van der Waals surface area contributed by atoms with Crippen LogP contribution in [0.5, 0.6) is 5.75 Å². The molecule has 1 aliphatic heterocycles. The van der Waals surface area contributed by atoms with E-state index in [1.807, 2.05) is 31.2 Å². The summed E-state index contributed by atoms with van der Waals surface area (Å²) in [6.07, 6.45) is 8.75. The molecule has 152 valence electrons. The molecule has 2 fully saturated rings. The van der Waals surface area contributed by atoms with Crippen molar-refractivity contribution in [2.45, 2.75) is 77.2 Å². The van der Waals surface area contributed by atoms with Gasteiger partial charge in [-0.3, -0.25) is 0 Å². The van der Waals surface area contributed by atoms with E-state index < -0.39 is 12.0 Å². The zero-order valence-corrected chi connectivity index (χ0v) is 16.9. The summed E-state index contributed by atoms with van der Waals surface area (Å²) in [5.74, 6) is 2.50. The predicted molar refractivity (Wildman–Crippen MR) is 106 cm³/mol. The van der Waals surface area contributed by atoms with Crippen molar-refractivity contribution in [3.05, 3.63) is 29.8 Å². The molecule has 1 aromatic carbocycles. The lowest BCUT2D eigenvalue weighted by atomic mass is 9.80. The van der Waals surface area contributed by atoms with E-state index in [2.05, 4.69) is 6.92 Å². The van der Waals surface area contributed by atoms with Crippen LogP contribution in [0.4, 0.5) is 4.39 Å². The second-order valence-electron chi connectivity index (χ2n) is 8.41. The summed E-state index contributed by atoms with van der Waals surface area (Å²) in [6.45, 7) is 5.26. The molecular formula is C23H35FO3. The van der Waals surface area contributed by atoms with Gasteiger partial charge >= 0.3 is 0 Å². The molecule has 1 heterocycles. The van der Waals surface area contributed by atoms with Gasteiger partial charge in [-0.15, -0.1) is 0 Å². The maximum atomic E-state index is 14.4. The molecule has 0 bridgehead atoms. The number of rotatable bonds is 8. The molecule has 3 rings (SSSR count). The van der Waals surface area contributed by atoms with Gasteiger partial charge in [0.25, 0.3) is 0 Å². The summed E-state index contributed by atoms with van der Waals surface area (Å²) in [6, 6.07) is 7.86. The maximum Gasteiger partial charge on any atom is 0.184 e. The molecule has 3 nitrogen and oxygen atoms in total. The average Bonchev–Trinajstić information content (AvgIpc) is 2.69. The molecule has 0 radical (unpaired) electrons. The Balaban J connectivity index is 1.42. The minimum Gasteiger partial charge on any atom is -0.493 e. The molecule has 0 aromatic heterocycles. The maximum absolute atomic E-state index is 14.4. The second kappa shape index (κ2) is 9.88. The van der Waals surface area contributed by atoms with Crippen molar-refractivity contribution in [3.63, 3.8) is 0 Å². The fraction of sp³-hybridized carbons (Fsp3) is 0.739. The van der Waals surface area contributed by atoms with Gasteiger partial charge in [-0.25, -0.2) is 4.39 Å². The molecule has 0 atom stereocenters. The van der Waals surface area contributed by atoms with Crippen molar-refractivity contribution in [1.82, 2.24) is 0 Å². The molecule has 1 saturated heterocycles. The summed E-state index contributed by atoms with van der Waals surface area (Å²) in [7, 11) is 0. The van der Waals surface area contributed by atoms with E-state index in [1.165, 1.54) is 38.5 Å². The first kappa shape index (κ1) is 20.6. The van der Waals surface area contributed by atoms with Crippen LogP contribution in [0.25, 0.3) is 0 Å². The topological polar surface area (TPSA) is 27.7 Å². The fourth-order valence-corrected chi connectivity index (χ4v) is 4.36. The minimum atomic E-state index is -1.34. The van der Waals surface area contributed by atoms with Gasteiger partial charge in [0.05, 0.1) is 19.8 Å². The predicted octanol–water partition coefficient (Wildman–Crippen LogP) is 6.23. The zero-order chi connectivity index (χ0) is 19.1. The van der Waals surface area contributed by atoms with Crippen LogP contribution >= 0.6 is 0 Å². The van der Waals surface area contributed by atoms with Gasteiger partial charge < -0.3 is 14.2 Å². The smallest absolute Gasteiger partial charge is 0.184 e. The summed E-state index contributed by atoms with van der Waals surface area (Å²) >= 11 is 0. The third-order valence-corrected chi connectivity index (χ3v) is 5.99. The average molecular weight is 379 g/mol.